The minimum atomic E-state index is -1.21. The van der Waals surface area contributed by atoms with Crippen molar-refractivity contribution in [2.45, 2.75) is 10.9 Å². The summed E-state index contributed by atoms with van der Waals surface area (Å²) >= 11 is 1.41. The number of carboxylic acid groups (broad SMARTS) is 1. The summed E-state index contributed by atoms with van der Waals surface area (Å²) in [4.78, 5) is 11.3. The maximum atomic E-state index is 10.3. The first kappa shape index (κ1) is 14.0. The van der Waals surface area contributed by atoms with E-state index in [1.165, 1.54) is 11.8 Å². The topological polar surface area (TPSA) is 66.2 Å². The standard InChI is InChI=1S/C9H11NO2S.Na/c10-8(9(11)12)6-13-7-4-2-1-3-5-7;/h1-5,8H,6,10H2,(H,11,12);/q;+1/p-1/t8-;/m0./s1. The van der Waals surface area contributed by atoms with Crippen LogP contribution >= 0.6 is 11.8 Å². The van der Waals surface area contributed by atoms with E-state index >= 15 is 0 Å². The molecule has 5 heteroatoms. The molecule has 0 heterocycles. The number of aliphatic carboxylic acids is 1. The van der Waals surface area contributed by atoms with Gasteiger partial charge in [0.05, 0.1) is 12.0 Å². The monoisotopic (exact) mass is 219 g/mol. The molecule has 1 aromatic carbocycles. The van der Waals surface area contributed by atoms with Gasteiger partial charge in [-0.1, -0.05) is 18.2 Å². The SMILES string of the molecule is N[C@@H](CSc1ccccc1)C(=O)[O-].[Na+]. The van der Waals surface area contributed by atoms with E-state index in [-0.39, 0.29) is 29.6 Å². The first-order chi connectivity index (χ1) is 6.20. The van der Waals surface area contributed by atoms with E-state index in [1.807, 2.05) is 30.3 Å². The van der Waals surface area contributed by atoms with Crippen LogP contribution in [0.2, 0.25) is 0 Å². The predicted octanol–water partition coefficient (Wildman–Crippen LogP) is -3.14. The summed E-state index contributed by atoms with van der Waals surface area (Å²) in [5.41, 5.74) is 5.28. The van der Waals surface area contributed by atoms with Crippen LogP contribution in [0.25, 0.3) is 0 Å². The molecule has 0 aliphatic heterocycles. The van der Waals surface area contributed by atoms with Crippen molar-refractivity contribution >= 4 is 17.7 Å². The average Bonchev–Trinajstić information content (AvgIpc) is 2.15. The van der Waals surface area contributed by atoms with Crippen molar-refractivity contribution in [3.05, 3.63) is 30.3 Å². The number of thioether (sulfide) groups is 1. The van der Waals surface area contributed by atoms with E-state index in [4.69, 9.17) is 5.73 Å². The molecule has 0 radical (unpaired) electrons. The van der Waals surface area contributed by atoms with Crippen LogP contribution < -0.4 is 40.4 Å². The van der Waals surface area contributed by atoms with E-state index in [2.05, 4.69) is 0 Å². The normalized spacial score (nSPS) is 11.5. The molecule has 0 aromatic heterocycles. The minimum absolute atomic E-state index is 0. The quantitative estimate of drug-likeness (QED) is 0.429. The molecule has 0 saturated heterocycles. The first-order valence-corrected chi connectivity index (χ1v) is 4.83. The first-order valence-electron chi connectivity index (χ1n) is 3.84. The Morgan fingerprint density at radius 3 is 2.50 bits per heavy atom. The van der Waals surface area contributed by atoms with Gasteiger partial charge in [-0.2, -0.15) is 0 Å². The number of carboxylic acids is 1. The van der Waals surface area contributed by atoms with Crippen LogP contribution in [0.1, 0.15) is 0 Å². The van der Waals surface area contributed by atoms with E-state index in [9.17, 15) is 9.90 Å². The summed E-state index contributed by atoms with van der Waals surface area (Å²) < 4.78 is 0. The van der Waals surface area contributed by atoms with Crippen LogP contribution in [0.4, 0.5) is 0 Å². The second kappa shape index (κ2) is 7.31. The number of rotatable bonds is 4. The van der Waals surface area contributed by atoms with Crippen LogP contribution in [0, 0.1) is 0 Å². The fraction of sp³-hybridized carbons (Fsp3) is 0.222. The Labute approximate surface area is 109 Å². The zero-order valence-electron chi connectivity index (χ0n) is 7.97. The van der Waals surface area contributed by atoms with Crippen LogP contribution in [-0.2, 0) is 4.79 Å². The summed E-state index contributed by atoms with van der Waals surface area (Å²) in [5.74, 6) is -0.866. The minimum Gasteiger partial charge on any atom is -0.548 e. The van der Waals surface area contributed by atoms with Gasteiger partial charge in [-0.05, 0) is 12.1 Å². The molecule has 1 rings (SSSR count). The molecule has 0 bridgehead atoms. The maximum Gasteiger partial charge on any atom is 1.00 e. The van der Waals surface area contributed by atoms with Crippen LogP contribution in [0.5, 0.6) is 0 Å². The number of hydrogen-bond donors (Lipinski definition) is 1. The third-order valence-corrected chi connectivity index (χ3v) is 2.61. The van der Waals surface area contributed by atoms with Crippen LogP contribution in [0.3, 0.4) is 0 Å². The Morgan fingerprint density at radius 2 is 2.00 bits per heavy atom. The maximum absolute atomic E-state index is 10.3. The van der Waals surface area contributed by atoms with Crippen molar-refractivity contribution in [1.29, 1.82) is 0 Å². The number of carbonyl (C=O) groups is 1. The van der Waals surface area contributed by atoms with E-state index in [1.54, 1.807) is 0 Å². The van der Waals surface area contributed by atoms with E-state index in [0.717, 1.165) is 4.90 Å². The summed E-state index contributed by atoms with van der Waals surface area (Å²) in [6, 6.07) is 8.62. The van der Waals surface area contributed by atoms with Crippen molar-refractivity contribution in [1.82, 2.24) is 0 Å². The summed E-state index contributed by atoms with van der Waals surface area (Å²) in [6.07, 6.45) is 0. The molecule has 0 unspecified atom stereocenters. The Balaban J connectivity index is 0.00000169. The van der Waals surface area contributed by atoms with Gasteiger partial charge in [-0.25, -0.2) is 0 Å². The van der Waals surface area contributed by atoms with Gasteiger partial charge in [-0.15, -0.1) is 11.8 Å². The number of nitrogens with two attached hydrogens (primary N) is 1. The van der Waals surface area contributed by atoms with Gasteiger partial charge < -0.3 is 15.6 Å². The molecule has 1 aromatic rings. The molecule has 0 saturated carbocycles. The summed E-state index contributed by atoms with van der Waals surface area (Å²) in [7, 11) is 0. The van der Waals surface area contributed by atoms with Crippen LogP contribution in [0.15, 0.2) is 35.2 Å². The van der Waals surface area contributed by atoms with Crippen molar-refractivity contribution in [3.8, 4) is 0 Å². The molecular formula is C9H10NNaO2S. The average molecular weight is 219 g/mol. The van der Waals surface area contributed by atoms with Crippen molar-refractivity contribution in [2.75, 3.05) is 5.75 Å². The molecule has 0 aliphatic rings. The van der Waals surface area contributed by atoms with E-state index < -0.39 is 12.0 Å². The van der Waals surface area contributed by atoms with Gasteiger partial charge in [-0.3, -0.25) is 0 Å². The molecule has 14 heavy (non-hydrogen) atoms. The Hall–Kier alpha value is 0. The van der Waals surface area contributed by atoms with Gasteiger partial charge in [0.15, 0.2) is 0 Å². The summed E-state index contributed by atoms with van der Waals surface area (Å²) in [6.45, 7) is 0. The Bertz CT molecular complexity index is 281. The molecule has 0 spiro atoms. The van der Waals surface area contributed by atoms with Crippen molar-refractivity contribution < 1.29 is 39.5 Å². The van der Waals surface area contributed by atoms with Gasteiger partial charge in [0, 0.05) is 10.6 Å². The molecular weight excluding hydrogens is 209 g/mol. The third kappa shape index (κ3) is 5.02. The van der Waals surface area contributed by atoms with Gasteiger partial charge in [0.25, 0.3) is 0 Å². The van der Waals surface area contributed by atoms with Gasteiger partial charge >= 0.3 is 29.6 Å². The number of hydrogen-bond acceptors (Lipinski definition) is 4. The molecule has 70 valence electrons. The smallest absolute Gasteiger partial charge is 0.548 e. The van der Waals surface area contributed by atoms with Gasteiger partial charge in [0.1, 0.15) is 0 Å². The fourth-order valence-electron chi connectivity index (χ4n) is 0.771. The predicted molar refractivity (Wildman–Crippen MR) is 50.1 cm³/mol. The second-order valence-electron chi connectivity index (χ2n) is 2.55. The molecule has 2 N–H and O–H groups in total. The van der Waals surface area contributed by atoms with Gasteiger partial charge in [0.2, 0.25) is 0 Å². The molecule has 1 atom stereocenters. The third-order valence-electron chi connectivity index (χ3n) is 1.48. The molecule has 0 fully saturated rings. The summed E-state index contributed by atoms with van der Waals surface area (Å²) in [5, 5.41) is 10.3. The number of carbonyl (C=O) groups excluding carboxylic acids is 1. The zero-order chi connectivity index (χ0) is 9.68. The van der Waals surface area contributed by atoms with Crippen molar-refractivity contribution in [3.63, 3.8) is 0 Å². The second-order valence-corrected chi connectivity index (χ2v) is 3.64. The Kier molecular flexibility index (Phi) is 7.31. The van der Waals surface area contributed by atoms with Crippen molar-refractivity contribution in [2.24, 2.45) is 5.73 Å². The largest absolute Gasteiger partial charge is 1.00 e. The number of benzene rings is 1. The fourth-order valence-corrected chi connectivity index (χ4v) is 1.63. The van der Waals surface area contributed by atoms with Crippen LogP contribution in [-0.4, -0.2) is 17.8 Å². The van der Waals surface area contributed by atoms with E-state index in [0.29, 0.717) is 5.75 Å². The molecule has 3 nitrogen and oxygen atoms in total. The molecule has 0 amide bonds. The Morgan fingerprint density at radius 1 is 1.43 bits per heavy atom. The zero-order valence-corrected chi connectivity index (χ0v) is 10.8. The molecule has 0 aliphatic carbocycles.